The van der Waals surface area contributed by atoms with Gasteiger partial charge < -0.3 is 10.1 Å². The van der Waals surface area contributed by atoms with E-state index in [-0.39, 0.29) is 19.6 Å². The summed E-state index contributed by atoms with van der Waals surface area (Å²) < 4.78 is 32.0. The van der Waals surface area contributed by atoms with Crippen molar-refractivity contribution in [1.82, 2.24) is 10.2 Å². The second kappa shape index (κ2) is 3.84. The highest BCUT2D eigenvalue weighted by atomic mass is 19.3. The lowest BCUT2D eigenvalue weighted by Crippen LogP contribution is -2.58. The van der Waals surface area contributed by atoms with Gasteiger partial charge in [-0.05, 0) is 6.42 Å². The van der Waals surface area contributed by atoms with Gasteiger partial charge in [0.15, 0.2) is 0 Å². The molecule has 92 valence electrons. The summed E-state index contributed by atoms with van der Waals surface area (Å²) in [6, 6.07) is 0.399. The molecule has 0 aromatic rings. The Bertz CT molecular complexity index is 308. The lowest BCUT2D eigenvalue weighted by atomic mass is 9.85. The number of fused-ring (bicyclic) bond motifs is 1. The van der Waals surface area contributed by atoms with Crippen molar-refractivity contribution in [2.75, 3.05) is 33.8 Å². The van der Waals surface area contributed by atoms with E-state index in [1.807, 2.05) is 4.90 Å². The van der Waals surface area contributed by atoms with Crippen LogP contribution in [-0.4, -0.2) is 56.2 Å². The molecule has 16 heavy (non-hydrogen) atoms. The maximum Gasteiger partial charge on any atom is 0.284 e. The number of halogens is 2. The smallest absolute Gasteiger partial charge is 0.284 e. The van der Waals surface area contributed by atoms with Gasteiger partial charge in [-0.1, -0.05) is 0 Å². The summed E-state index contributed by atoms with van der Waals surface area (Å²) >= 11 is 0. The fraction of sp³-hybridized carbons (Fsp3) is 0.900. The Hall–Kier alpha value is -0.910. The first kappa shape index (κ1) is 11.6. The summed E-state index contributed by atoms with van der Waals surface area (Å²) in [5.74, 6) is -2.57. The highest BCUT2D eigenvalue weighted by Gasteiger charge is 2.59. The maximum absolute atomic E-state index is 13.3. The standard InChI is InChI=1S/C10H17F2N3O/c1-13-8(14-2)16-7-9-3-4-15(9)6-10(11,12)5-9/h3-7H2,1-2H3,(H,13,14). The zero-order valence-electron chi connectivity index (χ0n) is 9.59. The van der Waals surface area contributed by atoms with E-state index < -0.39 is 11.5 Å². The highest BCUT2D eigenvalue weighted by molar-refractivity contribution is 5.73. The quantitative estimate of drug-likeness (QED) is 0.563. The molecule has 2 saturated heterocycles. The Kier molecular flexibility index (Phi) is 2.77. The average Bonchev–Trinajstić information content (AvgIpc) is 2.40. The minimum atomic E-state index is -2.57. The molecule has 4 nitrogen and oxygen atoms in total. The van der Waals surface area contributed by atoms with E-state index in [1.165, 1.54) is 0 Å². The first-order valence-corrected chi connectivity index (χ1v) is 5.42. The Morgan fingerprint density at radius 1 is 1.56 bits per heavy atom. The number of rotatable bonds is 2. The molecule has 2 aliphatic rings. The van der Waals surface area contributed by atoms with Crippen molar-refractivity contribution < 1.29 is 13.5 Å². The first-order valence-electron chi connectivity index (χ1n) is 5.42. The molecule has 0 aromatic carbocycles. The van der Waals surface area contributed by atoms with E-state index in [0.29, 0.717) is 6.02 Å². The van der Waals surface area contributed by atoms with E-state index in [9.17, 15) is 8.78 Å². The number of ether oxygens (including phenoxy) is 1. The number of nitrogens with one attached hydrogen (secondary N) is 1. The molecule has 1 atom stereocenters. The van der Waals surface area contributed by atoms with Gasteiger partial charge in [-0.15, -0.1) is 0 Å². The third-order valence-corrected chi connectivity index (χ3v) is 3.42. The number of nitrogens with zero attached hydrogens (tertiary/aromatic N) is 2. The van der Waals surface area contributed by atoms with Gasteiger partial charge in [0.2, 0.25) is 0 Å². The molecule has 0 bridgehead atoms. The molecule has 1 unspecified atom stereocenters. The third-order valence-electron chi connectivity index (χ3n) is 3.42. The van der Waals surface area contributed by atoms with Crippen molar-refractivity contribution in [3.8, 4) is 0 Å². The minimum absolute atomic E-state index is 0.0965. The van der Waals surface area contributed by atoms with Crippen LogP contribution < -0.4 is 5.32 Å². The monoisotopic (exact) mass is 233 g/mol. The van der Waals surface area contributed by atoms with Gasteiger partial charge in [0.25, 0.3) is 11.9 Å². The van der Waals surface area contributed by atoms with Crippen molar-refractivity contribution in [2.45, 2.75) is 24.3 Å². The fourth-order valence-corrected chi connectivity index (χ4v) is 2.52. The predicted molar refractivity (Wildman–Crippen MR) is 56.9 cm³/mol. The van der Waals surface area contributed by atoms with Crippen LogP contribution in [0.15, 0.2) is 4.99 Å². The molecule has 0 spiro atoms. The van der Waals surface area contributed by atoms with Crippen LogP contribution in [0.4, 0.5) is 8.78 Å². The summed E-state index contributed by atoms with van der Waals surface area (Å²) in [4.78, 5) is 5.68. The van der Waals surface area contributed by atoms with Crippen LogP contribution in [0.5, 0.6) is 0 Å². The van der Waals surface area contributed by atoms with Crippen molar-refractivity contribution in [1.29, 1.82) is 0 Å². The first-order chi connectivity index (χ1) is 7.51. The Balaban J connectivity index is 1.95. The van der Waals surface area contributed by atoms with E-state index in [0.717, 1.165) is 13.0 Å². The van der Waals surface area contributed by atoms with Crippen molar-refractivity contribution in [3.63, 3.8) is 0 Å². The Morgan fingerprint density at radius 3 is 2.75 bits per heavy atom. The van der Waals surface area contributed by atoms with E-state index >= 15 is 0 Å². The van der Waals surface area contributed by atoms with Gasteiger partial charge >= 0.3 is 0 Å². The van der Waals surface area contributed by atoms with Crippen LogP contribution in [0.3, 0.4) is 0 Å². The highest BCUT2D eigenvalue weighted by Crippen LogP contribution is 2.47. The summed E-state index contributed by atoms with van der Waals surface area (Å²) in [6.07, 6.45) is 0.685. The summed E-state index contributed by atoms with van der Waals surface area (Å²) in [6.45, 7) is 0.904. The topological polar surface area (TPSA) is 36.9 Å². The van der Waals surface area contributed by atoms with Crippen LogP contribution in [0.2, 0.25) is 0 Å². The van der Waals surface area contributed by atoms with Crippen molar-refractivity contribution in [2.24, 2.45) is 4.99 Å². The number of aliphatic imine (C=N–C) groups is 1. The molecule has 2 heterocycles. The molecule has 2 aliphatic heterocycles. The Labute approximate surface area is 93.7 Å². The summed E-state index contributed by atoms with van der Waals surface area (Å²) in [7, 11) is 3.30. The zero-order valence-corrected chi connectivity index (χ0v) is 9.59. The second-order valence-corrected chi connectivity index (χ2v) is 4.50. The van der Waals surface area contributed by atoms with Gasteiger partial charge in [0.1, 0.15) is 6.61 Å². The molecule has 0 radical (unpaired) electrons. The number of hydrogen-bond donors (Lipinski definition) is 1. The molecular weight excluding hydrogens is 216 g/mol. The minimum Gasteiger partial charge on any atom is -0.463 e. The van der Waals surface area contributed by atoms with Gasteiger partial charge in [-0.3, -0.25) is 4.90 Å². The molecule has 1 N–H and O–H groups in total. The van der Waals surface area contributed by atoms with Crippen molar-refractivity contribution >= 4 is 6.02 Å². The average molecular weight is 233 g/mol. The third kappa shape index (κ3) is 1.86. The van der Waals surface area contributed by atoms with Crippen LogP contribution in [-0.2, 0) is 4.74 Å². The molecule has 0 aliphatic carbocycles. The van der Waals surface area contributed by atoms with Gasteiger partial charge in [-0.25, -0.2) is 13.8 Å². The van der Waals surface area contributed by atoms with E-state index in [1.54, 1.807) is 14.1 Å². The second-order valence-electron chi connectivity index (χ2n) is 4.50. The molecule has 6 heteroatoms. The summed E-state index contributed by atoms with van der Waals surface area (Å²) in [5, 5.41) is 2.77. The number of hydrogen-bond acceptors (Lipinski definition) is 3. The molecule has 0 saturated carbocycles. The Morgan fingerprint density at radius 2 is 2.31 bits per heavy atom. The molecule has 0 aromatic heterocycles. The molecule has 2 rings (SSSR count). The number of alkyl halides is 2. The largest absolute Gasteiger partial charge is 0.463 e. The van der Waals surface area contributed by atoms with Crippen LogP contribution in [0.25, 0.3) is 0 Å². The maximum atomic E-state index is 13.3. The van der Waals surface area contributed by atoms with E-state index in [2.05, 4.69) is 10.3 Å². The van der Waals surface area contributed by atoms with Gasteiger partial charge in [0, 0.05) is 27.1 Å². The molecule has 0 amide bonds. The predicted octanol–water partition coefficient (Wildman–Crippen LogP) is 0.692. The normalized spacial score (nSPS) is 33.1. The lowest BCUT2D eigenvalue weighted by Gasteiger charge is -2.46. The van der Waals surface area contributed by atoms with E-state index in [4.69, 9.17) is 4.74 Å². The van der Waals surface area contributed by atoms with Crippen LogP contribution >= 0.6 is 0 Å². The zero-order chi connectivity index (χ0) is 11.8. The van der Waals surface area contributed by atoms with Gasteiger partial charge in [0.05, 0.1) is 12.1 Å². The number of amidine groups is 1. The SMILES string of the molecule is CN=C(NC)OCC12CCN1CC(F)(F)C2. The lowest BCUT2D eigenvalue weighted by molar-refractivity contribution is -0.0158. The molecular formula is C10H17F2N3O. The van der Waals surface area contributed by atoms with Crippen LogP contribution in [0, 0.1) is 0 Å². The van der Waals surface area contributed by atoms with Crippen LogP contribution in [0.1, 0.15) is 12.8 Å². The molecule has 2 fully saturated rings. The van der Waals surface area contributed by atoms with Gasteiger partial charge in [-0.2, -0.15) is 0 Å². The summed E-state index contributed by atoms with van der Waals surface area (Å²) in [5.41, 5.74) is -0.462. The fourth-order valence-electron chi connectivity index (χ4n) is 2.52. The van der Waals surface area contributed by atoms with Crippen molar-refractivity contribution in [3.05, 3.63) is 0 Å².